The number of benzene rings is 1. The van der Waals surface area contributed by atoms with Crippen molar-refractivity contribution in [1.29, 1.82) is 0 Å². The molecule has 1 aromatic carbocycles. The van der Waals surface area contributed by atoms with Crippen molar-refractivity contribution in [3.05, 3.63) is 40.3 Å². The molecule has 154 valence electrons. The summed E-state index contributed by atoms with van der Waals surface area (Å²) in [5.41, 5.74) is -0.584. The minimum absolute atomic E-state index is 0.0633. The lowest BCUT2D eigenvalue weighted by Crippen LogP contribution is -2.32. The molecule has 0 unspecified atom stereocenters. The molecular formula is C18H15F3N2O4S2. The van der Waals surface area contributed by atoms with Crippen molar-refractivity contribution in [2.75, 3.05) is 17.7 Å². The molecule has 2 amide bonds. The van der Waals surface area contributed by atoms with Crippen molar-refractivity contribution >= 4 is 51.6 Å². The number of anilines is 2. The predicted octanol–water partition coefficient (Wildman–Crippen LogP) is 4.30. The molecular weight excluding hydrogens is 429 g/mol. The van der Waals surface area contributed by atoms with Crippen LogP contribution in [0.3, 0.4) is 0 Å². The first-order valence-corrected chi connectivity index (χ1v) is 9.95. The Kier molecular flexibility index (Phi) is 5.90. The molecule has 11 heteroatoms. The third-order valence-corrected chi connectivity index (χ3v) is 6.25. The van der Waals surface area contributed by atoms with E-state index >= 15 is 0 Å². The molecule has 2 N–H and O–H groups in total. The second kappa shape index (κ2) is 8.07. The van der Waals surface area contributed by atoms with E-state index in [0.29, 0.717) is 9.90 Å². The highest BCUT2D eigenvalue weighted by Crippen LogP contribution is 2.40. The summed E-state index contributed by atoms with van der Waals surface area (Å²) in [5.74, 6) is -1.66. The number of methoxy groups -OCH3 is 1. The Morgan fingerprint density at radius 1 is 1.28 bits per heavy atom. The Morgan fingerprint density at radius 2 is 2.00 bits per heavy atom. The Hall–Kier alpha value is -2.53. The van der Waals surface area contributed by atoms with Gasteiger partial charge in [0.25, 0.3) is 0 Å². The van der Waals surface area contributed by atoms with Crippen molar-refractivity contribution in [3.8, 4) is 0 Å². The van der Waals surface area contributed by atoms with Crippen LogP contribution in [0, 0.1) is 6.92 Å². The van der Waals surface area contributed by atoms with Crippen LogP contribution in [0.25, 0.3) is 0 Å². The number of ether oxygens (including phenoxy) is 1. The van der Waals surface area contributed by atoms with E-state index in [2.05, 4.69) is 15.4 Å². The lowest BCUT2D eigenvalue weighted by molar-refractivity contribution is -0.137. The Bertz CT molecular complexity index is 988. The van der Waals surface area contributed by atoms with Gasteiger partial charge in [-0.2, -0.15) is 13.2 Å². The molecule has 0 fully saturated rings. The van der Waals surface area contributed by atoms with E-state index in [1.807, 2.05) is 0 Å². The average molecular weight is 444 g/mol. The number of thioether (sulfide) groups is 1. The van der Waals surface area contributed by atoms with Gasteiger partial charge in [-0.1, -0.05) is 0 Å². The monoisotopic (exact) mass is 444 g/mol. The molecule has 1 aliphatic heterocycles. The van der Waals surface area contributed by atoms with Crippen LogP contribution >= 0.6 is 23.1 Å². The number of rotatable bonds is 4. The second-order valence-electron chi connectivity index (χ2n) is 6.15. The molecule has 1 aliphatic rings. The van der Waals surface area contributed by atoms with Gasteiger partial charge in [0.15, 0.2) is 0 Å². The number of esters is 1. The molecule has 3 rings (SSSR count). The van der Waals surface area contributed by atoms with Gasteiger partial charge < -0.3 is 15.4 Å². The average Bonchev–Trinajstić information content (AvgIpc) is 3.00. The summed E-state index contributed by atoms with van der Waals surface area (Å²) < 4.78 is 43.1. The summed E-state index contributed by atoms with van der Waals surface area (Å²) in [7, 11) is 1.23. The Morgan fingerprint density at radius 3 is 2.66 bits per heavy atom. The van der Waals surface area contributed by atoms with E-state index in [9.17, 15) is 27.6 Å². The fraction of sp³-hybridized carbons (Fsp3) is 0.278. The van der Waals surface area contributed by atoms with Crippen LogP contribution in [-0.4, -0.2) is 30.1 Å². The van der Waals surface area contributed by atoms with Crippen LogP contribution in [0.15, 0.2) is 29.2 Å². The third-order valence-electron chi connectivity index (χ3n) is 4.01. The number of thiophene rings is 1. The summed E-state index contributed by atoms with van der Waals surface area (Å²) in [6.45, 7) is 1.77. The van der Waals surface area contributed by atoms with E-state index in [0.717, 1.165) is 28.8 Å². The summed E-state index contributed by atoms with van der Waals surface area (Å²) in [6.07, 6.45) is -4.73. The first-order valence-electron chi connectivity index (χ1n) is 8.26. The molecule has 6 nitrogen and oxygen atoms in total. The second-order valence-corrected chi connectivity index (χ2v) is 8.65. The number of amides is 2. The zero-order chi connectivity index (χ0) is 21.3. The highest BCUT2D eigenvalue weighted by molar-refractivity contribution is 8.01. The van der Waals surface area contributed by atoms with Crippen molar-refractivity contribution in [3.63, 3.8) is 0 Å². The van der Waals surface area contributed by atoms with Gasteiger partial charge in [-0.05, 0) is 31.2 Å². The molecule has 1 aromatic heterocycles. The van der Waals surface area contributed by atoms with E-state index in [4.69, 9.17) is 0 Å². The van der Waals surface area contributed by atoms with Crippen LogP contribution in [-0.2, 0) is 20.5 Å². The fourth-order valence-corrected chi connectivity index (χ4v) is 4.68. The zero-order valence-electron chi connectivity index (χ0n) is 15.2. The fourth-order valence-electron chi connectivity index (χ4n) is 2.68. The minimum Gasteiger partial charge on any atom is -0.465 e. The Balaban J connectivity index is 1.71. The van der Waals surface area contributed by atoms with Gasteiger partial charge in [-0.25, -0.2) is 4.79 Å². The molecule has 1 atom stereocenters. The smallest absolute Gasteiger partial charge is 0.416 e. The highest BCUT2D eigenvalue weighted by atomic mass is 32.2. The Labute approximate surface area is 171 Å². The number of carbonyl (C=O) groups is 3. The number of hydrogen-bond donors (Lipinski definition) is 2. The summed E-state index contributed by atoms with van der Waals surface area (Å²) in [4.78, 5) is 37.7. The molecule has 2 aromatic rings. The van der Waals surface area contributed by atoms with Crippen molar-refractivity contribution < 1.29 is 32.3 Å². The van der Waals surface area contributed by atoms with Crippen LogP contribution in [0.1, 0.15) is 27.2 Å². The summed E-state index contributed by atoms with van der Waals surface area (Å²) >= 11 is 2.21. The predicted molar refractivity (Wildman–Crippen MR) is 103 cm³/mol. The number of hydrogen-bond acceptors (Lipinski definition) is 6. The van der Waals surface area contributed by atoms with Crippen LogP contribution in [0.5, 0.6) is 0 Å². The zero-order valence-corrected chi connectivity index (χ0v) is 16.8. The summed E-state index contributed by atoms with van der Waals surface area (Å²) in [5, 5.41) is 4.53. The first-order chi connectivity index (χ1) is 13.6. The van der Waals surface area contributed by atoms with Gasteiger partial charge in [0, 0.05) is 16.2 Å². The van der Waals surface area contributed by atoms with E-state index in [-0.39, 0.29) is 17.7 Å². The van der Waals surface area contributed by atoms with Crippen LogP contribution < -0.4 is 10.6 Å². The molecule has 0 radical (unpaired) electrons. The molecule has 29 heavy (non-hydrogen) atoms. The molecule has 0 spiro atoms. The van der Waals surface area contributed by atoms with E-state index in [1.165, 1.54) is 24.5 Å². The largest absolute Gasteiger partial charge is 0.465 e. The van der Waals surface area contributed by atoms with Crippen LogP contribution in [0.4, 0.5) is 23.9 Å². The molecule has 2 heterocycles. The number of halogens is 3. The number of carbonyl (C=O) groups excluding carboxylic acids is 3. The standard InChI is InChI=1S/C18H15F3N2O4S2/c1-8-5-10(17(26)27-2)16(28-8)23-14(24)7-13-15(25)22-11-6-9(18(19,20)21)3-4-12(11)29-13/h3-6,13H,7H2,1-2H3,(H,22,25)(H,23,24)/t13-/m1/s1. The number of alkyl halides is 3. The number of fused-ring (bicyclic) bond motifs is 1. The van der Waals surface area contributed by atoms with Gasteiger partial charge in [-0.3, -0.25) is 9.59 Å². The first kappa shape index (κ1) is 21.2. The molecule has 0 saturated carbocycles. The topological polar surface area (TPSA) is 84.5 Å². The van der Waals surface area contributed by atoms with Gasteiger partial charge in [0.1, 0.15) is 5.00 Å². The maximum atomic E-state index is 12.8. The maximum absolute atomic E-state index is 12.8. The van der Waals surface area contributed by atoms with Crippen LogP contribution in [0.2, 0.25) is 0 Å². The van der Waals surface area contributed by atoms with Crippen molar-refractivity contribution in [2.24, 2.45) is 0 Å². The normalized spacial score (nSPS) is 16.0. The quantitative estimate of drug-likeness (QED) is 0.687. The van der Waals surface area contributed by atoms with Crippen molar-refractivity contribution in [1.82, 2.24) is 0 Å². The SMILES string of the molecule is COC(=O)c1cc(C)sc1NC(=O)C[C@H]1Sc2ccc(C(F)(F)F)cc2NC1=O. The molecule has 0 bridgehead atoms. The van der Waals surface area contributed by atoms with E-state index < -0.39 is 34.8 Å². The van der Waals surface area contributed by atoms with Crippen molar-refractivity contribution in [2.45, 2.75) is 29.7 Å². The lowest BCUT2D eigenvalue weighted by Gasteiger charge is -2.24. The number of nitrogens with one attached hydrogen (secondary N) is 2. The van der Waals surface area contributed by atoms with Gasteiger partial charge >= 0.3 is 12.1 Å². The number of aryl methyl sites for hydroxylation is 1. The highest BCUT2D eigenvalue weighted by Gasteiger charge is 2.34. The minimum atomic E-state index is -4.52. The maximum Gasteiger partial charge on any atom is 0.416 e. The van der Waals surface area contributed by atoms with Gasteiger partial charge in [-0.15, -0.1) is 23.1 Å². The summed E-state index contributed by atoms with van der Waals surface area (Å²) in [6, 6.07) is 4.65. The van der Waals surface area contributed by atoms with Gasteiger partial charge in [0.2, 0.25) is 11.8 Å². The van der Waals surface area contributed by atoms with E-state index in [1.54, 1.807) is 13.0 Å². The van der Waals surface area contributed by atoms with Gasteiger partial charge in [0.05, 0.1) is 29.2 Å². The lowest BCUT2D eigenvalue weighted by atomic mass is 10.1. The third kappa shape index (κ3) is 4.73. The molecule has 0 saturated heterocycles. The molecule has 0 aliphatic carbocycles.